The maximum atomic E-state index is 11.6. The molecule has 2 rings (SSSR count). The Balaban J connectivity index is 2.43. The Morgan fingerprint density at radius 1 is 1.05 bits per heavy atom. The summed E-state index contributed by atoms with van der Waals surface area (Å²) in [5.41, 5.74) is 1.56. The maximum absolute atomic E-state index is 11.6. The standard InChI is InChI=1S/C14H12NO2PS/c16-14(17)13(11-7-3-1-4-8-11)15(18-19)12-9-5-2-6-10-12/h1-10,13H,(H,16,17)/p+1. The molecule has 0 saturated carbocycles. The second kappa shape index (κ2) is 6.41. The number of aliphatic carboxylic acids is 1. The molecular weight excluding hydrogens is 277 g/mol. The quantitative estimate of drug-likeness (QED) is 0.857. The SMILES string of the molecule is O=C(O)C(c1ccccc1)N([PH+]=S)c1ccccc1. The summed E-state index contributed by atoms with van der Waals surface area (Å²) in [7, 11) is -0.0392. The Hall–Kier alpha value is -1.77. The fraction of sp³-hybridized carbons (Fsp3) is 0.0714. The molecule has 0 spiro atoms. The van der Waals surface area contributed by atoms with Gasteiger partial charge in [-0.3, -0.25) is 0 Å². The molecule has 0 saturated heterocycles. The van der Waals surface area contributed by atoms with Crippen molar-refractivity contribution in [2.75, 3.05) is 4.67 Å². The normalized spacial score (nSPS) is 12.0. The number of para-hydroxylation sites is 1. The molecular formula is C14H13NO2PS+. The van der Waals surface area contributed by atoms with E-state index in [0.717, 1.165) is 11.3 Å². The van der Waals surface area contributed by atoms with Crippen LogP contribution in [0, 0.1) is 0 Å². The van der Waals surface area contributed by atoms with E-state index in [2.05, 4.69) is 0 Å². The predicted molar refractivity (Wildman–Crippen MR) is 81.4 cm³/mol. The van der Waals surface area contributed by atoms with Crippen molar-refractivity contribution < 1.29 is 9.90 Å². The Morgan fingerprint density at radius 2 is 1.58 bits per heavy atom. The summed E-state index contributed by atoms with van der Waals surface area (Å²) < 4.78 is 1.73. The molecule has 2 aromatic rings. The fourth-order valence-electron chi connectivity index (χ4n) is 1.88. The summed E-state index contributed by atoms with van der Waals surface area (Å²) in [5.74, 6) is -0.896. The zero-order valence-electron chi connectivity index (χ0n) is 10.1. The third kappa shape index (κ3) is 3.16. The van der Waals surface area contributed by atoms with Gasteiger partial charge in [-0.15, -0.1) is 0 Å². The first-order chi connectivity index (χ1) is 9.24. The van der Waals surface area contributed by atoms with Gasteiger partial charge in [-0.25, -0.2) is 4.79 Å². The zero-order valence-corrected chi connectivity index (χ0v) is 11.9. The number of hydrogen-bond acceptors (Lipinski definition) is 2. The second-order valence-corrected chi connectivity index (χ2v) is 5.16. The molecule has 1 N–H and O–H groups in total. The molecule has 2 unspecified atom stereocenters. The van der Waals surface area contributed by atoms with E-state index in [9.17, 15) is 9.90 Å². The van der Waals surface area contributed by atoms with Gasteiger partial charge < -0.3 is 5.11 Å². The lowest BCUT2D eigenvalue weighted by Crippen LogP contribution is -2.26. The van der Waals surface area contributed by atoms with Crippen molar-refractivity contribution >= 4 is 31.0 Å². The smallest absolute Gasteiger partial charge is 0.335 e. The minimum absolute atomic E-state index is 0.0392. The van der Waals surface area contributed by atoms with E-state index in [0.29, 0.717) is 0 Å². The van der Waals surface area contributed by atoms with Crippen LogP contribution in [0.1, 0.15) is 11.6 Å². The second-order valence-electron chi connectivity index (χ2n) is 3.95. The molecule has 0 amide bonds. The van der Waals surface area contributed by atoms with Crippen molar-refractivity contribution in [3.63, 3.8) is 0 Å². The van der Waals surface area contributed by atoms with Gasteiger partial charge in [0, 0.05) is 0 Å². The topological polar surface area (TPSA) is 40.5 Å². The van der Waals surface area contributed by atoms with E-state index in [-0.39, 0.29) is 7.51 Å². The molecule has 3 nitrogen and oxygen atoms in total. The van der Waals surface area contributed by atoms with Crippen molar-refractivity contribution in [1.29, 1.82) is 0 Å². The molecule has 0 heterocycles. The summed E-state index contributed by atoms with van der Waals surface area (Å²) in [6.45, 7) is 0. The van der Waals surface area contributed by atoms with E-state index in [1.165, 1.54) is 0 Å². The number of anilines is 1. The molecule has 0 fully saturated rings. The summed E-state index contributed by atoms with van der Waals surface area (Å²) in [6.07, 6.45) is 0. The number of nitrogens with zero attached hydrogens (tertiary/aromatic N) is 1. The Bertz CT molecular complexity index is 562. The average molecular weight is 290 g/mol. The number of carboxylic acid groups (broad SMARTS) is 1. The van der Waals surface area contributed by atoms with Crippen LogP contribution in [-0.2, 0) is 16.6 Å². The van der Waals surface area contributed by atoms with Crippen molar-refractivity contribution in [2.45, 2.75) is 6.04 Å². The van der Waals surface area contributed by atoms with Gasteiger partial charge in [0.15, 0.2) is 17.8 Å². The van der Waals surface area contributed by atoms with Crippen molar-refractivity contribution in [3.05, 3.63) is 66.2 Å². The molecule has 2 aromatic carbocycles. The van der Waals surface area contributed by atoms with Crippen molar-refractivity contribution in [3.8, 4) is 0 Å². The third-order valence-corrected chi connectivity index (χ3v) is 4.04. The lowest BCUT2D eigenvalue weighted by Gasteiger charge is -2.20. The summed E-state index contributed by atoms with van der Waals surface area (Å²) in [4.78, 5) is 11.6. The highest BCUT2D eigenvalue weighted by molar-refractivity contribution is 7.97. The van der Waals surface area contributed by atoms with Crippen molar-refractivity contribution in [2.24, 2.45) is 0 Å². The van der Waals surface area contributed by atoms with E-state index >= 15 is 0 Å². The van der Waals surface area contributed by atoms with Gasteiger partial charge in [0.1, 0.15) is 0 Å². The lowest BCUT2D eigenvalue weighted by atomic mass is 10.1. The zero-order chi connectivity index (χ0) is 13.7. The molecule has 0 aliphatic carbocycles. The number of carbonyl (C=O) groups is 1. The number of benzene rings is 2. The maximum Gasteiger partial charge on any atom is 0.335 e. The van der Waals surface area contributed by atoms with Crippen LogP contribution in [0.3, 0.4) is 0 Å². The summed E-state index contributed by atoms with van der Waals surface area (Å²) in [5, 5.41) is 9.51. The van der Waals surface area contributed by atoms with Gasteiger partial charge in [-0.05, 0) is 17.7 Å². The summed E-state index contributed by atoms with van der Waals surface area (Å²) >= 11 is 5.14. The average Bonchev–Trinajstić information content (AvgIpc) is 2.46. The van der Waals surface area contributed by atoms with Gasteiger partial charge in [-0.2, -0.15) is 4.67 Å². The minimum atomic E-state index is -0.896. The van der Waals surface area contributed by atoms with Crippen molar-refractivity contribution in [1.82, 2.24) is 0 Å². The van der Waals surface area contributed by atoms with Crippen LogP contribution >= 0.6 is 7.51 Å². The third-order valence-electron chi connectivity index (χ3n) is 2.74. The highest BCUT2D eigenvalue weighted by atomic mass is 32.4. The molecule has 0 radical (unpaired) electrons. The van der Waals surface area contributed by atoms with Crippen LogP contribution in [0.2, 0.25) is 0 Å². The Kier molecular flexibility index (Phi) is 4.61. The van der Waals surface area contributed by atoms with Gasteiger partial charge in [0.2, 0.25) is 0 Å². The molecule has 96 valence electrons. The van der Waals surface area contributed by atoms with Crippen LogP contribution in [0.5, 0.6) is 0 Å². The largest absolute Gasteiger partial charge is 0.479 e. The van der Waals surface area contributed by atoms with E-state index in [4.69, 9.17) is 11.8 Å². The Morgan fingerprint density at radius 3 is 2.05 bits per heavy atom. The minimum Gasteiger partial charge on any atom is -0.479 e. The van der Waals surface area contributed by atoms with E-state index in [1.807, 2.05) is 60.7 Å². The highest BCUT2D eigenvalue weighted by Gasteiger charge is 2.31. The summed E-state index contributed by atoms with van der Waals surface area (Å²) in [6, 6.07) is 17.8. The molecule has 5 heteroatoms. The van der Waals surface area contributed by atoms with Crippen LogP contribution < -0.4 is 4.67 Å². The van der Waals surface area contributed by atoms with Crippen LogP contribution in [0.15, 0.2) is 60.7 Å². The number of rotatable bonds is 5. The molecule has 19 heavy (non-hydrogen) atoms. The van der Waals surface area contributed by atoms with Gasteiger partial charge in [0.05, 0.1) is 5.69 Å². The van der Waals surface area contributed by atoms with E-state index in [1.54, 1.807) is 4.67 Å². The van der Waals surface area contributed by atoms with Gasteiger partial charge >= 0.3 is 5.97 Å². The fourth-order valence-corrected chi connectivity index (χ4v) is 3.13. The molecule has 0 aliphatic rings. The van der Waals surface area contributed by atoms with Gasteiger partial charge in [-0.1, -0.05) is 48.5 Å². The monoisotopic (exact) mass is 290 g/mol. The molecule has 2 atom stereocenters. The van der Waals surface area contributed by atoms with Crippen LogP contribution in [0.4, 0.5) is 5.69 Å². The molecule has 0 bridgehead atoms. The molecule has 0 aromatic heterocycles. The predicted octanol–water partition coefficient (Wildman–Crippen LogP) is 3.37. The van der Waals surface area contributed by atoms with Crippen LogP contribution in [0.25, 0.3) is 0 Å². The van der Waals surface area contributed by atoms with Gasteiger partial charge in [0.25, 0.3) is 7.51 Å². The number of hydrogen-bond donors (Lipinski definition) is 1. The number of carboxylic acids is 1. The van der Waals surface area contributed by atoms with E-state index < -0.39 is 12.0 Å². The first-order valence-corrected chi connectivity index (χ1v) is 7.82. The van der Waals surface area contributed by atoms with Crippen LogP contribution in [-0.4, -0.2) is 11.1 Å². The Labute approximate surface area is 118 Å². The lowest BCUT2D eigenvalue weighted by molar-refractivity contribution is -0.138. The molecule has 0 aliphatic heterocycles. The first-order valence-electron chi connectivity index (χ1n) is 5.74. The highest BCUT2D eigenvalue weighted by Crippen LogP contribution is 2.32. The first kappa shape index (κ1) is 13.7.